The predicted octanol–water partition coefficient (Wildman–Crippen LogP) is 4.01. The number of amides is 1. The molecule has 1 aliphatic heterocycles. The van der Waals surface area contributed by atoms with Crippen molar-refractivity contribution in [2.24, 2.45) is 0 Å². The van der Waals surface area contributed by atoms with Crippen LogP contribution in [0.4, 0.5) is 17.6 Å². The van der Waals surface area contributed by atoms with E-state index in [0.29, 0.717) is 17.8 Å². The number of nitrogens with one attached hydrogen (secondary N) is 1. The maximum atomic E-state index is 14.6. The molecule has 2 aromatic carbocycles. The third-order valence-electron chi connectivity index (χ3n) is 5.31. The average Bonchev–Trinajstić information content (AvgIpc) is 3.35. The zero-order valence-corrected chi connectivity index (χ0v) is 19.1. The summed E-state index contributed by atoms with van der Waals surface area (Å²) in [7, 11) is 0. The van der Waals surface area contributed by atoms with Crippen molar-refractivity contribution >= 4 is 11.9 Å². The number of fused-ring (bicyclic) bond motifs is 1. The number of carbonyl (C=O) groups is 2. The Kier molecular flexibility index (Phi) is 7.90. The Morgan fingerprint density at radius 2 is 1.66 bits per heavy atom. The van der Waals surface area contributed by atoms with Gasteiger partial charge in [0.05, 0.1) is 5.69 Å². The lowest BCUT2D eigenvalue weighted by Gasteiger charge is -2.15. The maximum absolute atomic E-state index is 14.6. The molecular formula is C24H24F4N4O3. The molecule has 0 bridgehead atoms. The van der Waals surface area contributed by atoms with E-state index in [9.17, 15) is 22.4 Å². The highest BCUT2D eigenvalue weighted by molar-refractivity contribution is 5.94. The van der Waals surface area contributed by atoms with Crippen molar-refractivity contribution in [2.45, 2.75) is 33.1 Å². The molecular weight excluding hydrogens is 468 g/mol. The molecule has 0 aliphatic carbocycles. The fourth-order valence-corrected chi connectivity index (χ4v) is 3.68. The summed E-state index contributed by atoms with van der Waals surface area (Å²) in [4.78, 5) is 23.6. The van der Waals surface area contributed by atoms with Gasteiger partial charge >= 0.3 is 12.1 Å². The third-order valence-corrected chi connectivity index (χ3v) is 5.31. The van der Waals surface area contributed by atoms with E-state index in [1.54, 1.807) is 16.8 Å². The van der Waals surface area contributed by atoms with E-state index in [0.717, 1.165) is 31.0 Å². The number of halogens is 4. The Morgan fingerprint density at radius 3 is 2.14 bits per heavy atom. The number of hydrogen-bond donors (Lipinski definition) is 2. The van der Waals surface area contributed by atoms with Crippen LogP contribution in [0.5, 0.6) is 0 Å². The highest BCUT2D eigenvalue weighted by Gasteiger charge is 2.38. The first kappa shape index (κ1) is 25.9. The van der Waals surface area contributed by atoms with Gasteiger partial charge in [-0.3, -0.25) is 9.69 Å². The van der Waals surface area contributed by atoms with Crippen LogP contribution in [0.3, 0.4) is 0 Å². The maximum Gasteiger partial charge on any atom is 0.490 e. The largest absolute Gasteiger partial charge is 0.490 e. The van der Waals surface area contributed by atoms with Crippen molar-refractivity contribution in [3.63, 3.8) is 0 Å². The second kappa shape index (κ2) is 10.7. The second-order valence-corrected chi connectivity index (χ2v) is 8.04. The highest BCUT2D eigenvalue weighted by atomic mass is 19.4. The summed E-state index contributed by atoms with van der Waals surface area (Å²) in [6, 6.07) is 14.8. The molecule has 1 aliphatic rings. The molecule has 7 nitrogen and oxygen atoms in total. The Labute approximate surface area is 199 Å². The minimum Gasteiger partial charge on any atom is -0.475 e. The molecule has 4 rings (SSSR count). The van der Waals surface area contributed by atoms with Crippen LogP contribution >= 0.6 is 0 Å². The number of hydrogen-bond acceptors (Lipinski definition) is 4. The van der Waals surface area contributed by atoms with Crippen LogP contribution in [0.15, 0.2) is 48.5 Å². The van der Waals surface area contributed by atoms with Gasteiger partial charge in [0, 0.05) is 37.4 Å². The van der Waals surface area contributed by atoms with Crippen molar-refractivity contribution in [3.8, 4) is 5.69 Å². The quantitative estimate of drug-likeness (QED) is 0.526. The van der Waals surface area contributed by atoms with Crippen molar-refractivity contribution < 1.29 is 32.3 Å². The third kappa shape index (κ3) is 6.66. The molecule has 0 saturated carbocycles. The molecule has 0 unspecified atom stereocenters. The highest BCUT2D eigenvalue weighted by Crippen LogP contribution is 2.21. The van der Waals surface area contributed by atoms with Crippen LogP contribution < -0.4 is 5.32 Å². The van der Waals surface area contributed by atoms with Crippen molar-refractivity contribution in [1.29, 1.82) is 0 Å². The molecule has 0 saturated heterocycles. The Hall–Kier alpha value is -3.73. The zero-order valence-electron chi connectivity index (χ0n) is 19.1. The Bertz CT molecular complexity index is 1200. The smallest absolute Gasteiger partial charge is 0.475 e. The van der Waals surface area contributed by atoms with E-state index in [2.05, 4.69) is 27.4 Å². The zero-order chi connectivity index (χ0) is 25.8. The summed E-state index contributed by atoms with van der Waals surface area (Å²) in [5.41, 5.74) is 5.01. The van der Waals surface area contributed by atoms with Gasteiger partial charge in [-0.2, -0.15) is 18.3 Å². The summed E-state index contributed by atoms with van der Waals surface area (Å²) >= 11 is 0. The number of rotatable bonds is 5. The van der Waals surface area contributed by atoms with E-state index >= 15 is 0 Å². The van der Waals surface area contributed by atoms with Gasteiger partial charge in [0.15, 0.2) is 0 Å². The topological polar surface area (TPSA) is 87.5 Å². The van der Waals surface area contributed by atoms with Crippen LogP contribution in [0, 0.1) is 19.7 Å². The van der Waals surface area contributed by atoms with Gasteiger partial charge in [-0.15, -0.1) is 0 Å². The SMILES string of the molecule is Cc1cc(C)n(-c2ccc(C(=O)NCCN3Cc4ccccc4C3)cc2F)n1.O=C(O)C(F)(F)F. The molecule has 35 heavy (non-hydrogen) atoms. The molecule has 1 aromatic heterocycles. The number of carbonyl (C=O) groups excluding carboxylic acids is 1. The van der Waals surface area contributed by atoms with E-state index in [1.165, 1.54) is 17.2 Å². The van der Waals surface area contributed by atoms with Gasteiger partial charge in [-0.25, -0.2) is 13.9 Å². The number of nitrogens with zero attached hydrogens (tertiary/aromatic N) is 3. The lowest BCUT2D eigenvalue weighted by molar-refractivity contribution is -0.192. The second-order valence-electron chi connectivity index (χ2n) is 8.04. The van der Waals surface area contributed by atoms with E-state index in [1.807, 2.05) is 32.0 Å². The summed E-state index contributed by atoms with van der Waals surface area (Å²) < 4.78 is 47.8. The van der Waals surface area contributed by atoms with Crippen molar-refractivity contribution in [2.75, 3.05) is 13.1 Å². The minimum atomic E-state index is -5.08. The minimum absolute atomic E-state index is 0.268. The number of benzene rings is 2. The Balaban J connectivity index is 0.000000429. The molecule has 11 heteroatoms. The number of aliphatic carboxylic acids is 1. The molecule has 1 amide bonds. The van der Waals surface area contributed by atoms with E-state index in [4.69, 9.17) is 9.90 Å². The molecule has 186 valence electrons. The monoisotopic (exact) mass is 492 g/mol. The summed E-state index contributed by atoms with van der Waals surface area (Å²) in [6.07, 6.45) is -5.08. The molecule has 0 spiro atoms. The fourth-order valence-electron chi connectivity index (χ4n) is 3.68. The number of carboxylic acid groups (broad SMARTS) is 1. The molecule has 0 radical (unpaired) electrons. The Morgan fingerprint density at radius 1 is 1.06 bits per heavy atom. The van der Waals surface area contributed by atoms with Crippen molar-refractivity contribution in [3.05, 3.63) is 82.4 Å². The summed E-state index contributed by atoms with van der Waals surface area (Å²) in [6.45, 7) is 6.81. The summed E-state index contributed by atoms with van der Waals surface area (Å²) in [5, 5.41) is 14.3. The number of aromatic nitrogens is 2. The molecule has 0 atom stereocenters. The molecule has 3 aromatic rings. The van der Waals surface area contributed by atoms with Crippen LogP contribution in [0.25, 0.3) is 5.69 Å². The van der Waals surface area contributed by atoms with E-state index < -0.39 is 18.0 Å². The van der Waals surface area contributed by atoms with Crippen LogP contribution in [-0.2, 0) is 17.9 Å². The number of aryl methyl sites for hydroxylation is 2. The average molecular weight is 492 g/mol. The number of carboxylic acids is 1. The standard InChI is InChI=1S/C22H23FN4O.C2HF3O2/c1-15-11-16(2)27(25-15)21-8-7-17(12-20(21)23)22(28)24-9-10-26-13-18-5-3-4-6-19(18)14-26;3-2(4,5)1(6)7/h3-8,11-12H,9-10,13-14H2,1-2H3,(H,24,28);(H,6,7). The number of alkyl halides is 3. The first-order chi connectivity index (χ1) is 16.5. The van der Waals surface area contributed by atoms with Crippen molar-refractivity contribution in [1.82, 2.24) is 20.0 Å². The fraction of sp³-hybridized carbons (Fsp3) is 0.292. The summed E-state index contributed by atoms with van der Waals surface area (Å²) in [5.74, 6) is -3.49. The van der Waals surface area contributed by atoms with Crippen LogP contribution in [0.1, 0.15) is 32.9 Å². The van der Waals surface area contributed by atoms with Gasteiger partial charge in [0.25, 0.3) is 5.91 Å². The first-order valence-electron chi connectivity index (χ1n) is 10.7. The molecule has 2 N–H and O–H groups in total. The van der Waals surface area contributed by atoms with Crippen LogP contribution in [0.2, 0.25) is 0 Å². The normalized spacial score (nSPS) is 13.1. The van der Waals surface area contributed by atoms with Gasteiger partial charge < -0.3 is 10.4 Å². The van der Waals surface area contributed by atoms with E-state index in [-0.39, 0.29) is 5.91 Å². The lowest BCUT2D eigenvalue weighted by Crippen LogP contribution is -2.32. The van der Waals surface area contributed by atoms with Gasteiger partial charge in [0.2, 0.25) is 0 Å². The van der Waals surface area contributed by atoms with Gasteiger partial charge in [0.1, 0.15) is 11.5 Å². The predicted molar refractivity (Wildman–Crippen MR) is 120 cm³/mol. The lowest BCUT2D eigenvalue weighted by atomic mass is 10.1. The van der Waals surface area contributed by atoms with Crippen LogP contribution in [-0.4, -0.2) is 50.9 Å². The first-order valence-corrected chi connectivity index (χ1v) is 10.7. The van der Waals surface area contributed by atoms with Gasteiger partial charge in [-0.05, 0) is 49.2 Å². The molecule has 0 fully saturated rings. The van der Waals surface area contributed by atoms with Gasteiger partial charge in [-0.1, -0.05) is 24.3 Å². The molecule has 2 heterocycles.